The van der Waals surface area contributed by atoms with E-state index < -0.39 is 17.6 Å². The van der Waals surface area contributed by atoms with E-state index in [4.69, 9.17) is 4.74 Å². The summed E-state index contributed by atoms with van der Waals surface area (Å²) < 4.78 is 44.4. The van der Waals surface area contributed by atoms with Crippen LogP contribution in [0.25, 0.3) is 11.3 Å². The topological polar surface area (TPSA) is 58.6 Å². The summed E-state index contributed by atoms with van der Waals surface area (Å²) in [7, 11) is 0. The smallest absolute Gasteiger partial charge is 0.416 e. The Kier molecular flexibility index (Phi) is 6.48. The van der Waals surface area contributed by atoms with Crippen molar-refractivity contribution in [3.05, 3.63) is 72.1 Å². The minimum absolute atomic E-state index is 0.0399. The first-order chi connectivity index (χ1) is 15.8. The molecule has 172 valence electrons. The number of hydrogen-bond acceptors (Lipinski definition) is 5. The zero-order chi connectivity index (χ0) is 23.4. The first-order valence-electron chi connectivity index (χ1n) is 10.6. The molecular weight excluding hydrogens is 433 g/mol. The van der Waals surface area contributed by atoms with E-state index >= 15 is 0 Å². The molecule has 1 fully saturated rings. The molecule has 2 aromatic carbocycles. The molecular formula is C24H23F3N4O2. The fourth-order valence-corrected chi connectivity index (χ4v) is 3.72. The normalized spacial score (nSPS) is 14.3. The van der Waals surface area contributed by atoms with Crippen LogP contribution in [0.1, 0.15) is 22.8 Å². The largest absolute Gasteiger partial charge is 0.494 e. The van der Waals surface area contributed by atoms with E-state index in [-0.39, 0.29) is 5.56 Å². The summed E-state index contributed by atoms with van der Waals surface area (Å²) >= 11 is 0. The van der Waals surface area contributed by atoms with Crippen LogP contribution in [-0.2, 0) is 6.18 Å². The Morgan fingerprint density at radius 3 is 2.39 bits per heavy atom. The van der Waals surface area contributed by atoms with E-state index in [1.165, 1.54) is 18.5 Å². The van der Waals surface area contributed by atoms with Crippen molar-refractivity contribution in [2.24, 2.45) is 0 Å². The predicted molar refractivity (Wildman–Crippen MR) is 118 cm³/mol. The Bertz CT molecular complexity index is 1110. The molecule has 3 aromatic rings. The second kappa shape index (κ2) is 9.48. The van der Waals surface area contributed by atoms with Gasteiger partial charge in [-0.3, -0.25) is 4.79 Å². The molecule has 1 saturated heterocycles. The van der Waals surface area contributed by atoms with E-state index in [9.17, 15) is 18.0 Å². The molecule has 0 bridgehead atoms. The third-order valence-electron chi connectivity index (χ3n) is 5.44. The molecule has 0 saturated carbocycles. The van der Waals surface area contributed by atoms with Crippen LogP contribution in [0.5, 0.6) is 5.75 Å². The maximum absolute atomic E-state index is 13.0. The summed E-state index contributed by atoms with van der Waals surface area (Å²) in [6.45, 7) is 4.33. The molecule has 1 aliphatic heterocycles. The number of carbonyl (C=O) groups is 1. The summed E-state index contributed by atoms with van der Waals surface area (Å²) in [4.78, 5) is 25.1. The minimum atomic E-state index is -4.48. The zero-order valence-corrected chi connectivity index (χ0v) is 18.0. The number of amides is 1. The SMILES string of the molecule is CCOc1ccc(-c2cc(N3CCN(C(=O)c4cccc(C(F)(F)F)c4)CC3)ncn2)cc1. The van der Waals surface area contributed by atoms with E-state index in [0.717, 1.165) is 35.0 Å². The summed E-state index contributed by atoms with van der Waals surface area (Å²) in [6.07, 6.45) is -2.98. The van der Waals surface area contributed by atoms with Crippen LogP contribution in [0.4, 0.5) is 19.0 Å². The molecule has 0 atom stereocenters. The highest BCUT2D eigenvalue weighted by Crippen LogP contribution is 2.30. The standard InChI is InChI=1S/C24H23F3N4O2/c1-2-33-20-8-6-17(7-9-20)21-15-22(29-16-28-21)30-10-12-31(13-11-30)23(32)18-4-3-5-19(14-18)24(25,26)27/h3-9,14-16H,2,10-13H2,1H3. The number of rotatable bonds is 5. The summed E-state index contributed by atoms with van der Waals surface area (Å²) in [5, 5.41) is 0. The van der Waals surface area contributed by atoms with Crippen molar-refractivity contribution in [1.29, 1.82) is 0 Å². The number of halogens is 3. The van der Waals surface area contributed by atoms with Gasteiger partial charge in [0.25, 0.3) is 5.91 Å². The van der Waals surface area contributed by atoms with Gasteiger partial charge in [0, 0.05) is 43.4 Å². The van der Waals surface area contributed by atoms with Gasteiger partial charge in [-0.1, -0.05) is 6.07 Å². The highest BCUT2D eigenvalue weighted by atomic mass is 19.4. The number of benzene rings is 2. The summed E-state index contributed by atoms with van der Waals surface area (Å²) in [5.41, 5.74) is 0.916. The van der Waals surface area contributed by atoms with Gasteiger partial charge in [0.2, 0.25) is 0 Å². The lowest BCUT2D eigenvalue weighted by molar-refractivity contribution is -0.137. The Labute approximate surface area is 189 Å². The summed E-state index contributed by atoms with van der Waals surface area (Å²) in [5.74, 6) is 1.12. The van der Waals surface area contributed by atoms with Crippen LogP contribution in [0, 0.1) is 0 Å². The van der Waals surface area contributed by atoms with Crippen molar-refractivity contribution in [2.75, 3.05) is 37.7 Å². The molecule has 9 heteroatoms. The van der Waals surface area contributed by atoms with Gasteiger partial charge in [0.05, 0.1) is 17.9 Å². The second-order valence-electron chi connectivity index (χ2n) is 7.58. The van der Waals surface area contributed by atoms with Crippen LogP contribution in [-0.4, -0.2) is 53.6 Å². The lowest BCUT2D eigenvalue weighted by Gasteiger charge is -2.35. The fourth-order valence-electron chi connectivity index (χ4n) is 3.72. The van der Waals surface area contributed by atoms with E-state index in [0.29, 0.717) is 32.8 Å². The molecule has 0 spiro atoms. The molecule has 0 radical (unpaired) electrons. The van der Waals surface area contributed by atoms with Crippen molar-refractivity contribution in [1.82, 2.24) is 14.9 Å². The monoisotopic (exact) mass is 456 g/mol. The first-order valence-corrected chi connectivity index (χ1v) is 10.6. The quantitative estimate of drug-likeness (QED) is 0.565. The van der Waals surface area contributed by atoms with Crippen molar-refractivity contribution in [3.8, 4) is 17.0 Å². The van der Waals surface area contributed by atoms with Crippen LogP contribution in [0.15, 0.2) is 60.9 Å². The molecule has 6 nitrogen and oxygen atoms in total. The minimum Gasteiger partial charge on any atom is -0.494 e. The van der Waals surface area contributed by atoms with Crippen molar-refractivity contribution in [3.63, 3.8) is 0 Å². The Morgan fingerprint density at radius 1 is 1.00 bits per heavy atom. The maximum atomic E-state index is 13.0. The number of hydrogen-bond donors (Lipinski definition) is 0. The molecule has 0 N–H and O–H groups in total. The highest BCUT2D eigenvalue weighted by molar-refractivity contribution is 5.94. The lowest BCUT2D eigenvalue weighted by atomic mass is 10.1. The van der Waals surface area contributed by atoms with Crippen molar-refractivity contribution < 1.29 is 22.7 Å². The molecule has 33 heavy (non-hydrogen) atoms. The molecule has 2 heterocycles. The molecule has 0 aliphatic carbocycles. The van der Waals surface area contributed by atoms with Gasteiger partial charge in [-0.15, -0.1) is 0 Å². The number of nitrogens with zero attached hydrogens (tertiary/aromatic N) is 4. The number of aromatic nitrogens is 2. The van der Waals surface area contributed by atoms with E-state index in [1.54, 1.807) is 4.90 Å². The van der Waals surface area contributed by atoms with Crippen LogP contribution in [0.3, 0.4) is 0 Å². The first kappa shape index (κ1) is 22.6. The van der Waals surface area contributed by atoms with Gasteiger partial charge in [-0.05, 0) is 49.4 Å². The van der Waals surface area contributed by atoms with E-state index in [1.807, 2.05) is 42.2 Å². The molecule has 1 aliphatic rings. The van der Waals surface area contributed by atoms with Gasteiger partial charge < -0.3 is 14.5 Å². The Balaban J connectivity index is 1.42. The van der Waals surface area contributed by atoms with Gasteiger partial charge in [-0.25, -0.2) is 9.97 Å². The molecule has 1 amide bonds. The lowest BCUT2D eigenvalue weighted by Crippen LogP contribution is -2.49. The average molecular weight is 456 g/mol. The van der Waals surface area contributed by atoms with E-state index in [2.05, 4.69) is 9.97 Å². The number of carbonyl (C=O) groups excluding carboxylic acids is 1. The van der Waals surface area contributed by atoms with Crippen molar-refractivity contribution >= 4 is 11.7 Å². The number of alkyl halides is 3. The Morgan fingerprint density at radius 2 is 1.73 bits per heavy atom. The van der Waals surface area contributed by atoms with Gasteiger partial charge in [-0.2, -0.15) is 13.2 Å². The number of ether oxygens (including phenoxy) is 1. The van der Waals surface area contributed by atoms with Gasteiger partial charge in [0.1, 0.15) is 17.9 Å². The zero-order valence-electron chi connectivity index (χ0n) is 18.0. The Hall–Kier alpha value is -3.62. The fraction of sp³-hybridized carbons (Fsp3) is 0.292. The van der Waals surface area contributed by atoms with Crippen LogP contribution in [0.2, 0.25) is 0 Å². The maximum Gasteiger partial charge on any atom is 0.416 e. The third kappa shape index (κ3) is 5.24. The molecule has 4 rings (SSSR count). The highest BCUT2D eigenvalue weighted by Gasteiger charge is 2.31. The van der Waals surface area contributed by atoms with Gasteiger partial charge >= 0.3 is 6.18 Å². The van der Waals surface area contributed by atoms with Gasteiger partial charge in [0.15, 0.2) is 0 Å². The van der Waals surface area contributed by atoms with Crippen LogP contribution >= 0.6 is 0 Å². The summed E-state index contributed by atoms with van der Waals surface area (Å²) in [6, 6.07) is 14.1. The van der Waals surface area contributed by atoms with Crippen LogP contribution < -0.4 is 9.64 Å². The predicted octanol–water partition coefficient (Wildman–Crippen LogP) is 4.52. The molecule has 1 aromatic heterocycles. The molecule has 0 unspecified atom stereocenters. The average Bonchev–Trinajstić information content (AvgIpc) is 2.84. The number of piperazine rings is 1. The number of anilines is 1. The third-order valence-corrected chi connectivity index (χ3v) is 5.44. The van der Waals surface area contributed by atoms with Crippen molar-refractivity contribution in [2.45, 2.75) is 13.1 Å². The second-order valence-corrected chi connectivity index (χ2v) is 7.58.